The molecular weight excluding hydrogens is 363 g/mol. The molecule has 0 heterocycles. The smallest absolute Gasteiger partial charge is 0.265 e. The number of nitrogen functional groups attached to an aromatic ring is 1. The standard InChI is InChI=1S/C13H12BrFN2O3S/c1-20-12-5-2-8(14)6-13(12)21(18,19)17-11-4-3-9(15)7-10(11)16/h2-7,17H,16H2,1H3. The van der Waals surface area contributed by atoms with Crippen molar-refractivity contribution < 1.29 is 17.5 Å². The van der Waals surface area contributed by atoms with Crippen LogP contribution in [0.25, 0.3) is 0 Å². The summed E-state index contributed by atoms with van der Waals surface area (Å²) in [6, 6.07) is 7.99. The molecule has 8 heteroatoms. The van der Waals surface area contributed by atoms with E-state index in [1.54, 1.807) is 6.07 Å². The monoisotopic (exact) mass is 374 g/mol. The lowest BCUT2D eigenvalue weighted by molar-refractivity contribution is 0.403. The van der Waals surface area contributed by atoms with Gasteiger partial charge in [0.1, 0.15) is 16.5 Å². The predicted molar refractivity (Wildman–Crippen MR) is 82.3 cm³/mol. The Morgan fingerprint density at radius 1 is 1.24 bits per heavy atom. The molecule has 112 valence electrons. The Balaban J connectivity index is 2.45. The highest BCUT2D eigenvalue weighted by Gasteiger charge is 2.21. The SMILES string of the molecule is COc1ccc(Br)cc1S(=O)(=O)Nc1ccc(F)cc1N. The first-order valence-electron chi connectivity index (χ1n) is 5.75. The van der Waals surface area contributed by atoms with Gasteiger partial charge in [0, 0.05) is 4.47 Å². The van der Waals surface area contributed by atoms with Crippen LogP contribution in [0, 0.1) is 5.82 Å². The van der Waals surface area contributed by atoms with E-state index in [9.17, 15) is 12.8 Å². The fraction of sp³-hybridized carbons (Fsp3) is 0.0769. The van der Waals surface area contributed by atoms with Crippen molar-refractivity contribution in [3.8, 4) is 5.75 Å². The van der Waals surface area contributed by atoms with E-state index < -0.39 is 15.8 Å². The molecule has 0 saturated heterocycles. The second-order valence-electron chi connectivity index (χ2n) is 4.13. The van der Waals surface area contributed by atoms with Gasteiger partial charge in [0.15, 0.2) is 0 Å². The van der Waals surface area contributed by atoms with Crippen LogP contribution in [0.3, 0.4) is 0 Å². The number of hydrogen-bond donors (Lipinski definition) is 2. The Bertz CT molecular complexity index is 781. The van der Waals surface area contributed by atoms with Crippen molar-refractivity contribution in [3.63, 3.8) is 0 Å². The normalized spacial score (nSPS) is 11.2. The second kappa shape index (κ2) is 5.90. The molecule has 0 aliphatic heterocycles. The minimum atomic E-state index is -3.92. The molecule has 0 bridgehead atoms. The largest absolute Gasteiger partial charge is 0.495 e. The average molecular weight is 375 g/mol. The Morgan fingerprint density at radius 3 is 2.57 bits per heavy atom. The van der Waals surface area contributed by atoms with Crippen molar-refractivity contribution in [2.45, 2.75) is 4.90 Å². The van der Waals surface area contributed by atoms with E-state index in [1.807, 2.05) is 0 Å². The van der Waals surface area contributed by atoms with Crippen LogP contribution in [-0.2, 0) is 10.0 Å². The first-order valence-corrected chi connectivity index (χ1v) is 8.02. The Kier molecular flexibility index (Phi) is 4.38. The van der Waals surface area contributed by atoms with Crippen LogP contribution >= 0.6 is 15.9 Å². The molecule has 3 N–H and O–H groups in total. The number of hydrogen-bond acceptors (Lipinski definition) is 4. The van der Waals surface area contributed by atoms with Gasteiger partial charge in [0.05, 0.1) is 18.5 Å². The molecular formula is C13H12BrFN2O3S. The summed E-state index contributed by atoms with van der Waals surface area (Å²) in [6.45, 7) is 0. The van der Waals surface area contributed by atoms with Crippen LogP contribution in [0.1, 0.15) is 0 Å². The number of nitrogens with one attached hydrogen (secondary N) is 1. The molecule has 0 spiro atoms. The summed E-state index contributed by atoms with van der Waals surface area (Å²) in [6.07, 6.45) is 0. The molecule has 0 atom stereocenters. The van der Waals surface area contributed by atoms with E-state index in [0.717, 1.165) is 12.1 Å². The zero-order valence-electron chi connectivity index (χ0n) is 10.9. The van der Waals surface area contributed by atoms with Crippen LogP contribution < -0.4 is 15.2 Å². The lowest BCUT2D eigenvalue weighted by atomic mass is 10.3. The number of rotatable bonds is 4. The van der Waals surface area contributed by atoms with Gasteiger partial charge in [0.25, 0.3) is 10.0 Å². The van der Waals surface area contributed by atoms with Gasteiger partial charge in [-0.25, -0.2) is 12.8 Å². The Morgan fingerprint density at radius 2 is 1.95 bits per heavy atom. The van der Waals surface area contributed by atoms with Crippen molar-refractivity contribution in [2.75, 3.05) is 17.6 Å². The first-order chi connectivity index (χ1) is 9.83. The lowest BCUT2D eigenvalue weighted by Gasteiger charge is -2.13. The average Bonchev–Trinajstić information content (AvgIpc) is 2.42. The maximum absolute atomic E-state index is 13.0. The number of methoxy groups -OCH3 is 1. The second-order valence-corrected chi connectivity index (χ2v) is 6.70. The minimum Gasteiger partial charge on any atom is -0.495 e. The van der Waals surface area contributed by atoms with E-state index in [4.69, 9.17) is 10.5 Å². The van der Waals surface area contributed by atoms with Crippen LogP contribution in [0.15, 0.2) is 45.8 Å². The molecule has 0 saturated carbocycles. The summed E-state index contributed by atoms with van der Waals surface area (Å²) >= 11 is 3.21. The lowest BCUT2D eigenvalue weighted by Crippen LogP contribution is -2.15. The van der Waals surface area contributed by atoms with Crippen molar-refractivity contribution in [1.82, 2.24) is 0 Å². The fourth-order valence-electron chi connectivity index (χ4n) is 1.69. The maximum atomic E-state index is 13.0. The van der Waals surface area contributed by atoms with Gasteiger partial charge in [-0.2, -0.15) is 0 Å². The summed E-state index contributed by atoms with van der Waals surface area (Å²) < 4.78 is 45.7. The number of sulfonamides is 1. The van der Waals surface area contributed by atoms with Gasteiger partial charge in [-0.05, 0) is 36.4 Å². The molecule has 0 unspecified atom stereocenters. The zero-order chi connectivity index (χ0) is 15.6. The van der Waals surface area contributed by atoms with Crippen molar-refractivity contribution in [1.29, 1.82) is 0 Å². The molecule has 0 radical (unpaired) electrons. The molecule has 0 aliphatic carbocycles. The number of nitrogens with two attached hydrogens (primary N) is 1. The van der Waals surface area contributed by atoms with Gasteiger partial charge < -0.3 is 10.5 Å². The predicted octanol–water partition coefficient (Wildman–Crippen LogP) is 2.98. The molecule has 2 aromatic carbocycles. The number of benzene rings is 2. The molecule has 0 aromatic heterocycles. The van der Waals surface area contributed by atoms with Crippen LogP contribution in [0.4, 0.5) is 15.8 Å². The van der Waals surface area contributed by atoms with Crippen LogP contribution in [0.5, 0.6) is 5.75 Å². The molecule has 2 aromatic rings. The third-order valence-corrected chi connectivity index (χ3v) is 4.55. The topological polar surface area (TPSA) is 81.4 Å². The van der Waals surface area contributed by atoms with E-state index in [2.05, 4.69) is 20.7 Å². The van der Waals surface area contributed by atoms with Gasteiger partial charge in [-0.3, -0.25) is 4.72 Å². The highest BCUT2D eigenvalue weighted by atomic mass is 79.9. The third-order valence-electron chi connectivity index (χ3n) is 2.67. The first kappa shape index (κ1) is 15.6. The van der Waals surface area contributed by atoms with Crippen molar-refractivity contribution in [3.05, 3.63) is 46.7 Å². The van der Waals surface area contributed by atoms with Crippen LogP contribution in [-0.4, -0.2) is 15.5 Å². The number of anilines is 2. The number of ether oxygens (including phenoxy) is 1. The molecule has 0 fully saturated rings. The quantitative estimate of drug-likeness (QED) is 0.806. The van der Waals surface area contributed by atoms with Gasteiger partial charge in [-0.15, -0.1) is 0 Å². The number of halogens is 2. The third kappa shape index (κ3) is 3.45. The summed E-state index contributed by atoms with van der Waals surface area (Å²) in [5.41, 5.74) is 5.69. The highest BCUT2D eigenvalue weighted by Crippen LogP contribution is 2.30. The zero-order valence-corrected chi connectivity index (χ0v) is 13.3. The van der Waals surface area contributed by atoms with Crippen molar-refractivity contribution >= 4 is 37.3 Å². The molecule has 0 aliphatic rings. The molecule has 0 amide bonds. The Labute approximate surface area is 130 Å². The minimum absolute atomic E-state index is 0.00691. The van der Waals surface area contributed by atoms with E-state index in [-0.39, 0.29) is 22.0 Å². The summed E-state index contributed by atoms with van der Waals surface area (Å²) in [5.74, 6) is -0.359. The maximum Gasteiger partial charge on any atom is 0.265 e. The van der Waals surface area contributed by atoms with Gasteiger partial charge in [0.2, 0.25) is 0 Å². The highest BCUT2D eigenvalue weighted by molar-refractivity contribution is 9.10. The summed E-state index contributed by atoms with van der Waals surface area (Å²) in [4.78, 5) is -0.0527. The Hall–Kier alpha value is -1.80. The van der Waals surface area contributed by atoms with E-state index in [0.29, 0.717) is 4.47 Å². The van der Waals surface area contributed by atoms with Crippen LogP contribution in [0.2, 0.25) is 0 Å². The molecule has 5 nitrogen and oxygen atoms in total. The van der Waals surface area contributed by atoms with Gasteiger partial charge in [-0.1, -0.05) is 15.9 Å². The summed E-state index contributed by atoms with van der Waals surface area (Å²) in [5, 5.41) is 0. The van der Waals surface area contributed by atoms with Crippen molar-refractivity contribution in [2.24, 2.45) is 0 Å². The molecule has 2 rings (SSSR count). The van der Waals surface area contributed by atoms with E-state index in [1.165, 1.54) is 25.3 Å². The van der Waals surface area contributed by atoms with E-state index >= 15 is 0 Å². The van der Waals surface area contributed by atoms with Gasteiger partial charge >= 0.3 is 0 Å². The molecule has 21 heavy (non-hydrogen) atoms. The fourth-order valence-corrected chi connectivity index (χ4v) is 3.48. The summed E-state index contributed by atoms with van der Waals surface area (Å²) in [7, 11) is -2.55.